The molecule has 0 aromatic heterocycles. The Hall–Kier alpha value is -2.45. The molecule has 126 valence electrons. The lowest BCUT2D eigenvalue weighted by Crippen LogP contribution is -2.38. The zero-order valence-corrected chi connectivity index (χ0v) is 13.6. The van der Waals surface area contributed by atoms with Gasteiger partial charge in [0.05, 0.1) is 15.5 Å². The Morgan fingerprint density at radius 3 is 2.46 bits per heavy atom. The molecule has 0 amide bonds. The number of sulfonamides is 1. The first kappa shape index (κ1) is 16.4. The summed E-state index contributed by atoms with van der Waals surface area (Å²) >= 11 is 0. The lowest BCUT2D eigenvalue weighted by atomic mass is 9.91. The zero-order chi connectivity index (χ0) is 17.3. The maximum absolute atomic E-state index is 13.0. The van der Waals surface area contributed by atoms with Crippen LogP contribution in [0.25, 0.3) is 0 Å². The number of rotatable bonds is 4. The standard InChI is InChI=1S/C16H17N3O4S/c17-11-12-9-10-18(16-4-2-1-3-15(12)16)24(22,23)14-7-5-13(6-8-14)19(20)21/h1-8,12H,9-11,17H2. The number of nitrogens with two attached hydrogens (primary N) is 1. The number of anilines is 1. The topological polar surface area (TPSA) is 107 Å². The Kier molecular flexibility index (Phi) is 4.25. The van der Waals surface area contributed by atoms with Gasteiger partial charge in [0.2, 0.25) is 0 Å². The van der Waals surface area contributed by atoms with Gasteiger partial charge in [0.25, 0.3) is 15.7 Å². The molecule has 1 aliphatic rings. The Bertz CT molecular complexity index is 865. The molecule has 1 unspecified atom stereocenters. The fourth-order valence-corrected chi connectivity index (χ4v) is 4.48. The quantitative estimate of drug-likeness (QED) is 0.674. The second-order valence-corrected chi connectivity index (χ2v) is 7.47. The van der Waals surface area contributed by atoms with Crippen LogP contribution in [0.2, 0.25) is 0 Å². The van der Waals surface area contributed by atoms with E-state index in [4.69, 9.17) is 5.73 Å². The van der Waals surface area contributed by atoms with Crippen molar-refractivity contribution in [2.45, 2.75) is 17.2 Å². The van der Waals surface area contributed by atoms with Crippen molar-refractivity contribution in [1.82, 2.24) is 0 Å². The summed E-state index contributed by atoms with van der Waals surface area (Å²) in [6.07, 6.45) is 0.639. The van der Waals surface area contributed by atoms with Crippen LogP contribution in [0.1, 0.15) is 17.9 Å². The summed E-state index contributed by atoms with van der Waals surface area (Å²) < 4.78 is 27.3. The maximum atomic E-state index is 13.0. The van der Waals surface area contributed by atoms with E-state index >= 15 is 0 Å². The van der Waals surface area contributed by atoms with E-state index in [1.54, 1.807) is 12.1 Å². The highest BCUT2D eigenvalue weighted by molar-refractivity contribution is 7.92. The molecule has 0 saturated heterocycles. The summed E-state index contributed by atoms with van der Waals surface area (Å²) in [5.41, 5.74) is 7.19. The van der Waals surface area contributed by atoms with Crippen molar-refractivity contribution in [2.24, 2.45) is 5.73 Å². The Morgan fingerprint density at radius 2 is 1.83 bits per heavy atom. The highest BCUT2D eigenvalue weighted by Gasteiger charge is 2.32. The Balaban J connectivity index is 2.02. The smallest absolute Gasteiger partial charge is 0.269 e. The van der Waals surface area contributed by atoms with Crippen molar-refractivity contribution < 1.29 is 13.3 Å². The van der Waals surface area contributed by atoms with Crippen LogP contribution in [0.5, 0.6) is 0 Å². The van der Waals surface area contributed by atoms with Crippen LogP contribution in [0.4, 0.5) is 11.4 Å². The predicted molar refractivity (Wildman–Crippen MR) is 90.5 cm³/mol. The summed E-state index contributed by atoms with van der Waals surface area (Å²) in [4.78, 5) is 10.2. The molecule has 2 aromatic rings. The van der Waals surface area contributed by atoms with Gasteiger partial charge in [-0.2, -0.15) is 0 Å². The second-order valence-electron chi connectivity index (χ2n) is 5.61. The van der Waals surface area contributed by atoms with E-state index < -0.39 is 14.9 Å². The number of hydrogen-bond acceptors (Lipinski definition) is 5. The van der Waals surface area contributed by atoms with Crippen molar-refractivity contribution in [3.05, 3.63) is 64.2 Å². The molecule has 8 heteroatoms. The number of nitro groups is 1. The molecule has 7 nitrogen and oxygen atoms in total. The predicted octanol–water partition coefficient (Wildman–Crippen LogP) is 2.24. The van der Waals surface area contributed by atoms with Gasteiger partial charge in [-0.05, 0) is 42.6 Å². The largest absolute Gasteiger partial charge is 0.330 e. The minimum atomic E-state index is -3.78. The van der Waals surface area contributed by atoms with Gasteiger partial charge in [-0.1, -0.05) is 18.2 Å². The lowest BCUT2D eigenvalue weighted by molar-refractivity contribution is -0.384. The van der Waals surface area contributed by atoms with Gasteiger partial charge in [-0.3, -0.25) is 14.4 Å². The van der Waals surface area contributed by atoms with E-state index in [2.05, 4.69) is 0 Å². The first-order valence-corrected chi connectivity index (χ1v) is 8.95. The molecule has 24 heavy (non-hydrogen) atoms. The van der Waals surface area contributed by atoms with Crippen LogP contribution in [0.15, 0.2) is 53.4 Å². The van der Waals surface area contributed by atoms with E-state index in [1.165, 1.54) is 28.6 Å². The number of nitrogens with zero attached hydrogens (tertiary/aromatic N) is 2. The minimum absolute atomic E-state index is 0.0362. The summed E-state index contributed by atoms with van der Waals surface area (Å²) in [5, 5.41) is 10.7. The number of hydrogen-bond donors (Lipinski definition) is 1. The molecule has 0 bridgehead atoms. The van der Waals surface area contributed by atoms with Crippen LogP contribution in [0, 0.1) is 10.1 Å². The van der Waals surface area contributed by atoms with Gasteiger partial charge in [0, 0.05) is 18.7 Å². The molecular weight excluding hydrogens is 330 g/mol. The summed E-state index contributed by atoms with van der Waals surface area (Å²) in [6.45, 7) is 0.792. The number of non-ortho nitro benzene ring substituents is 1. The molecule has 0 spiro atoms. The highest BCUT2D eigenvalue weighted by Crippen LogP contribution is 2.37. The molecule has 1 heterocycles. The third kappa shape index (κ3) is 2.74. The molecule has 0 fully saturated rings. The molecule has 1 aliphatic heterocycles. The number of fused-ring (bicyclic) bond motifs is 1. The van der Waals surface area contributed by atoms with Crippen LogP contribution < -0.4 is 10.0 Å². The van der Waals surface area contributed by atoms with E-state index in [9.17, 15) is 18.5 Å². The Labute approximate surface area is 139 Å². The van der Waals surface area contributed by atoms with Crippen LogP contribution in [-0.4, -0.2) is 26.4 Å². The number of para-hydroxylation sites is 1. The van der Waals surface area contributed by atoms with E-state index in [0.29, 0.717) is 25.2 Å². The summed E-state index contributed by atoms with van der Waals surface area (Å²) in [5.74, 6) is 0.129. The third-order valence-corrected chi connectivity index (χ3v) is 6.07. The fraction of sp³-hybridized carbons (Fsp3) is 0.250. The average Bonchev–Trinajstić information content (AvgIpc) is 2.60. The van der Waals surface area contributed by atoms with E-state index in [-0.39, 0.29) is 16.5 Å². The van der Waals surface area contributed by atoms with Crippen molar-refractivity contribution >= 4 is 21.4 Å². The van der Waals surface area contributed by atoms with Gasteiger partial charge >= 0.3 is 0 Å². The third-order valence-electron chi connectivity index (χ3n) is 4.25. The number of nitro benzene ring substituents is 1. The van der Waals surface area contributed by atoms with Crippen LogP contribution in [-0.2, 0) is 10.0 Å². The molecule has 0 saturated carbocycles. The van der Waals surface area contributed by atoms with E-state index in [1.807, 2.05) is 12.1 Å². The van der Waals surface area contributed by atoms with Crippen LogP contribution in [0.3, 0.4) is 0 Å². The normalized spacial score (nSPS) is 17.4. The van der Waals surface area contributed by atoms with Gasteiger partial charge in [0.15, 0.2) is 0 Å². The molecular formula is C16H17N3O4S. The maximum Gasteiger partial charge on any atom is 0.269 e. The van der Waals surface area contributed by atoms with Crippen molar-refractivity contribution in [3.8, 4) is 0 Å². The average molecular weight is 347 g/mol. The SMILES string of the molecule is NCC1CCN(S(=O)(=O)c2ccc([N+](=O)[O-])cc2)c2ccccc21. The summed E-state index contributed by atoms with van der Waals surface area (Å²) in [6, 6.07) is 12.2. The van der Waals surface area contributed by atoms with E-state index in [0.717, 1.165) is 5.56 Å². The monoisotopic (exact) mass is 347 g/mol. The molecule has 1 atom stereocenters. The first-order valence-electron chi connectivity index (χ1n) is 7.51. The van der Waals surface area contributed by atoms with Gasteiger partial charge in [-0.25, -0.2) is 8.42 Å². The van der Waals surface area contributed by atoms with Crippen molar-refractivity contribution in [2.75, 3.05) is 17.4 Å². The van der Waals surface area contributed by atoms with Crippen molar-refractivity contribution in [1.29, 1.82) is 0 Å². The summed E-state index contributed by atoms with van der Waals surface area (Å²) in [7, 11) is -3.78. The van der Waals surface area contributed by atoms with Crippen molar-refractivity contribution in [3.63, 3.8) is 0 Å². The number of benzene rings is 2. The highest BCUT2D eigenvalue weighted by atomic mass is 32.2. The molecule has 3 rings (SSSR count). The Morgan fingerprint density at radius 1 is 1.17 bits per heavy atom. The molecule has 2 aromatic carbocycles. The van der Waals surface area contributed by atoms with Gasteiger partial charge < -0.3 is 5.73 Å². The van der Waals surface area contributed by atoms with Gasteiger partial charge in [-0.15, -0.1) is 0 Å². The zero-order valence-electron chi connectivity index (χ0n) is 12.8. The molecule has 0 radical (unpaired) electrons. The van der Waals surface area contributed by atoms with Crippen LogP contribution >= 0.6 is 0 Å². The second kappa shape index (κ2) is 6.21. The minimum Gasteiger partial charge on any atom is -0.330 e. The lowest BCUT2D eigenvalue weighted by Gasteiger charge is -2.34. The van der Waals surface area contributed by atoms with Gasteiger partial charge in [0.1, 0.15) is 0 Å². The fourth-order valence-electron chi connectivity index (χ4n) is 2.97. The molecule has 0 aliphatic carbocycles. The molecule has 2 N–H and O–H groups in total. The first-order chi connectivity index (χ1) is 11.4.